The van der Waals surface area contributed by atoms with Crippen molar-refractivity contribution in [2.45, 2.75) is 20.8 Å². The van der Waals surface area contributed by atoms with Crippen LogP contribution >= 0.6 is 23.8 Å². The Morgan fingerprint density at radius 1 is 1.04 bits per heavy atom. The molecule has 0 saturated heterocycles. The van der Waals surface area contributed by atoms with E-state index in [1.165, 1.54) is 18.2 Å². The second-order valence-corrected chi connectivity index (χ2v) is 7.64. The molecule has 5 nitrogen and oxygen atoms in total. The fraction of sp³-hybridized carbons (Fsp3) is 0.211. The number of amides is 2. The molecule has 0 aliphatic rings. The summed E-state index contributed by atoms with van der Waals surface area (Å²) in [7, 11) is 0. The lowest BCUT2D eigenvalue weighted by atomic mass is 9.96. The van der Waals surface area contributed by atoms with Crippen LogP contribution < -0.4 is 16.0 Å². The molecule has 0 aliphatic heterocycles. The summed E-state index contributed by atoms with van der Waals surface area (Å²) in [6.07, 6.45) is 0. The molecule has 0 saturated carbocycles. The van der Waals surface area contributed by atoms with Crippen molar-refractivity contribution in [3.8, 4) is 0 Å². The van der Waals surface area contributed by atoms with Crippen LogP contribution in [0.1, 0.15) is 31.1 Å². The van der Waals surface area contributed by atoms with Crippen LogP contribution in [0.2, 0.25) is 5.02 Å². The third-order valence-corrected chi connectivity index (χ3v) is 3.96. The van der Waals surface area contributed by atoms with E-state index < -0.39 is 17.1 Å². The Balaban J connectivity index is 2.05. The van der Waals surface area contributed by atoms with Crippen LogP contribution in [0.5, 0.6) is 0 Å². The molecular formula is C19H19ClFN3O2S. The highest BCUT2D eigenvalue weighted by atomic mass is 35.5. The van der Waals surface area contributed by atoms with Crippen LogP contribution in [-0.4, -0.2) is 16.9 Å². The zero-order chi connectivity index (χ0) is 20.2. The van der Waals surface area contributed by atoms with Crippen molar-refractivity contribution in [1.29, 1.82) is 0 Å². The Kier molecular flexibility index (Phi) is 6.51. The molecule has 2 aromatic carbocycles. The van der Waals surface area contributed by atoms with Gasteiger partial charge in [0, 0.05) is 22.4 Å². The molecule has 2 rings (SSSR count). The van der Waals surface area contributed by atoms with Gasteiger partial charge in [-0.2, -0.15) is 0 Å². The molecule has 0 atom stereocenters. The number of rotatable bonds is 3. The third-order valence-electron chi connectivity index (χ3n) is 3.47. The molecule has 0 aliphatic carbocycles. The minimum atomic E-state index is -0.579. The lowest BCUT2D eigenvalue weighted by molar-refractivity contribution is -0.126. The van der Waals surface area contributed by atoms with Crippen LogP contribution in [0.3, 0.4) is 0 Å². The van der Waals surface area contributed by atoms with Crippen molar-refractivity contribution in [2.75, 3.05) is 10.6 Å². The largest absolute Gasteiger partial charge is 0.332 e. The predicted molar refractivity (Wildman–Crippen MR) is 110 cm³/mol. The second-order valence-electron chi connectivity index (χ2n) is 6.82. The number of nitrogens with one attached hydrogen (secondary N) is 3. The maximum atomic E-state index is 13.2. The highest BCUT2D eigenvalue weighted by Gasteiger charge is 2.22. The average molecular weight is 408 g/mol. The summed E-state index contributed by atoms with van der Waals surface area (Å²) in [4.78, 5) is 24.3. The van der Waals surface area contributed by atoms with E-state index in [4.69, 9.17) is 23.8 Å². The van der Waals surface area contributed by atoms with Crippen molar-refractivity contribution in [2.24, 2.45) is 5.41 Å². The summed E-state index contributed by atoms with van der Waals surface area (Å²) in [5, 5.41) is 8.16. The first-order valence-corrected chi connectivity index (χ1v) is 8.84. The molecule has 3 N–H and O–H groups in total. The third kappa shape index (κ3) is 6.01. The minimum absolute atomic E-state index is 0.0804. The fourth-order valence-electron chi connectivity index (χ4n) is 1.97. The van der Waals surface area contributed by atoms with Gasteiger partial charge in [0.05, 0.1) is 5.02 Å². The van der Waals surface area contributed by atoms with Gasteiger partial charge in [-0.05, 0) is 48.6 Å². The number of carbonyl (C=O) groups excluding carboxylic acids is 2. The molecule has 0 spiro atoms. The Labute approximate surface area is 167 Å². The van der Waals surface area contributed by atoms with E-state index in [2.05, 4.69) is 16.0 Å². The highest BCUT2D eigenvalue weighted by Crippen LogP contribution is 2.20. The number of hydrogen-bond donors (Lipinski definition) is 3. The summed E-state index contributed by atoms with van der Waals surface area (Å²) in [6.45, 7) is 5.33. The lowest BCUT2D eigenvalue weighted by Gasteiger charge is -2.18. The smallest absolute Gasteiger partial charge is 0.255 e. The minimum Gasteiger partial charge on any atom is -0.332 e. The van der Waals surface area contributed by atoms with Gasteiger partial charge < -0.3 is 16.0 Å². The van der Waals surface area contributed by atoms with Crippen molar-refractivity contribution in [3.63, 3.8) is 0 Å². The first kappa shape index (κ1) is 20.8. The predicted octanol–water partition coefficient (Wildman–Crippen LogP) is 4.59. The van der Waals surface area contributed by atoms with Crippen molar-refractivity contribution >= 4 is 52.1 Å². The van der Waals surface area contributed by atoms with Crippen molar-refractivity contribution in [3.05, 3.63) is 58.9 Å². The molecule has 142 valence electrons. The fourth-order valence-corrected chi connectivity index (χ4v) is 2.36. The second kappa shape index (κ2) is 8.45. The number of hydrogen-bond acceptors (Lipinski definition) is 3. The van der Waals surface area contributed by atoms with Gasteiger partial charge >= 0.3 is 0 Å². The monoisotopic (exact) mass is 407 g/mol. The summed E-state index contributed by atoms with van der Waals surface area (Å²) >= 11 is 10.8. The Hall–Kier alpha value is -2.51. The Bertz CT molecular complexity index is 897. The summed E-state index contributed by atoms with van der Waals surface area (Å²) in [5.41, 5.74) is 0.686. The highest BCUT2D eigenvalue weighted by molar-refractivity contribution is 7.80. The maximum Gasteiger partial charge on any atom is 0.255 e. The van der Waals surface area contributed by atoms with Gasteiger partial charge in [0.1, 0.15) is 5.82 Å². The number of halogens is 2. The number of anilines is 2. The summed E-state index contributed by atoms with van der Waals surface area (Å²) in [5.74, 6) is -1.18. The van der Waals surface area contributed by atoms with Gasteiger partial charge in [0.2, 0.25) is 5.91 Å². The van der Waals surface area contributed by atoms with Crippen molar-refractivity contribution in [1.82, 2.24) is 5.32 Å². The SMILES string of the molecule is CC(C)(C)C(=O)NC(=S)Nc1cccc(C(=O)Nc2ccc(F)c(Cl)c2)c1. The summed E-state index contributed by atoms with van der Waals surface area (Å²) in [6, 6.07) is 10.5. The molecular weight excluding hydrogens is 389 g/mol. The molecule has 0 aromatic heterocycles. The van der Waals surface area contributed by atoms with Gasteiger partial charge in [-0.15, -0.1) is 0 Å². The molecule has 27 heavy (non-hydrogen) atoms. The zero-order valence-electron chi connectivity index (χ0n) is 15.0. The van der Waals surface area contributed by atoms with Crippen LogP contribution in [0.25, 0.3) is 0 Å². The van der Waals surface area contributed by atoms with E-state index in [0.717, 1.165) is 0 Å². The van der Waals surface area contributed by atoms with Crippen LogP contribution in [0.15, 0.2) is 42.5 Å². The number of benzene rings is 2. The quantitative estimate of drug-likeness (QED) is 0.651. The van der Waals surface area contributed by atoms with Gasteiger partial charge in [-0.25, -0.2) is 4.39 Å². The normalized spacial score (nSPS) is 10.9. The van der Waals surface area contributed by atoms with Crippen LogP contribution in [0.4, 0.5) is 15.8 Å². The molecule has 8 heteroatoms. The van der Waals surface area contributed by atoms with Gasteiger partial charge in [0.15, 0.2) is 5.11 Å². The molecule has 0 heterocycles. The van der Waals surface area contributed by atoms with Crippen molar-refractivity contribution < 1.29 is 14.0 Å². The first-order valence-electron chi connectivity index (χ1n) is 8.05. The number of thiocarbonyl (C=S) groups is 1. The van der Waals surface area contributed by atoms with E-state index in [1.807, 2.05) is 0 Å². The topological polar surface area (TPSA) is 70.2 Å². The van der Waals surface area contributed by atoms with Crippen LogP contribution in [-0.2, 0) is 4.79 Å². The van der Waals surface area contributed by atoms with E-state index in [0.29, 0.717) is 16.9 Å². The van der Waals surface area contributed by atoms with Gasteiger partial charge in [-0.1, -0.05) is 38.4 Å². The first-order chi connectivity index (χ1) is 12.6. The molecule has 0 unspecified atom stereocenters. The molecule has 0 radical (unpaired) electrons. The van der Waals surface area contributed by atoms with Gasteiger partial charge in [-0.3, -0.25) is 9.59 Å². The standard InChI is InChI=1S/C19H19ClFN3O2S/c1-19(2,3)17(26)24-18(27)23-12-6-4-5-11(9-12)16(25)22-13-7-8-15(21)14(20)10-13/h4-10H,1-3H3,(H,22,25)(H2,23,24,26,27). The van der Waals surface area contributed by atoms with E-state index in [-0.39, 0.29) is 16.0 Å². The molecule has 2 aromatic rings. The molecule has 0 bridgehead atoms. The summed E-state index contributed by atoms with van der Waals surface area (Å²) < 4.78 is 13.2. The van der Waals surface area contributed by atoms with E-state index in [9.17, 15) is 14.0 Å². The van der Waals surface area contributed by atoms with E-state index >= 15 is 0 Å². The van der Waals surface area contributed by atoms with E-state index in [1.54, 1.807) is 45.0 Å². The Morgan fingerprint density at radius 3 is 2.33 bits per heavy atom. The average Bonchev–Trinajstić information content (AvgIpc) is 2.57. The van der Waals surface area contributed by atoms with Crippen LogP contribution in [0, 0.1) is 11.2 Å². The molecule has 0 fully saturated rings. The number of carbonyl (C=O) groups is 2. The lowest BCUT2D eigenvalue weighted by Crippen LogP contribution is -2.41. The maximum absolute atomic E-state index is 13.2. The zero-order valence-corrected chi connectivity index (χ0v) is 16.6. The van der Waals surface area contributed by atoms with Gasteiger partial charge in [0.25, 0.3) is 5.91 Å². The Morgan fingerprint density at radius 2 is 1.70 bits per heavy atom. The molecule has 2 amide bonds.